The number of rotatable bonds is 5. The normalized spacial score (nSPS) is 22.4. The molecule has 1 aliphatic carbocycles. The lowest BCUT2D eigenvalue weighted by Crippen LogP contribution is -2.58. The molecule has 0 bridgehead atoms. The predicted octanol–water partition coefficient (Wildman–Crippen LogP) is 1.90. The van der Waals surface area contributed by atoms with Gasteiger partial charge in [-0.3, -0.25) is 19.8 Å². The monoisotopic (exact) mass is 411 g/mol. The predicted molar refractivity (Wildman–Crippen MR) is 114 cm³/mol. The van der Waals surface area contributed by atoms with Gasteiger partial charge < -0.3 is 10.4 Å². The first-order chi connectivity index (χ1) is 14.2. The van der Waals surface area contributed by atoms with Gasteiger partial charge in [-0.2, -0.15) is 0 Å². The van der Waals surface area contributed by atoms with E-state index in [9.17, 15) is 19.5 Å². The molecule has 1 aromatic rings. The first kappa shape index (κ1) is 21.8. The third kappa shape index (κ3) is 4.16. The Balaban J connectivity index is 1.83. The molecule has 3 amide bonds. The van der Waals surface area contributed by atoms with Crippen molar-refractivity contribution < 1.29 is 19.5 Å². The van der Waals surface area contributed by atoms with Crippen LogP contribution in [0.2, 0.25) is 0 Å². The summed E-state index contributed by atoms with van der Waals surface area (Å²) in [6.07, 6.45) is 5.27. The Morgan fingerprint density at radius 1 is 1.17 bits per heavy atom. The number of hydrogen-bond donors (Lipinski definition) is 3. The zero-order chi connectivity index (χ0) is 22.0. The van der Waals surface area contributed by atoms with Gasteiger partial charge in [-0.1, -0.05) is 56.3 Å². The third-order valence-corrected chi connectivity index (χ3v) is 5.67. The van der Waals surface area contributed by atoms with Crippen LogP contribution in [0.1, 0.15) is 51.2 Å². The van der Waals surface area contributed by atoms with Gasteiger partial charge in [-0.15, -0.1) is 0 Å². The van der Waals surface area contributed by atoms with Crippen molar-refractivity contribution in [2.75, 3.05) is 0 Å². The molecule has 3 N–H and O–H groups in total. The van der Waals surface area contributed by atoms with E-state index in [-0.39, 0.29) is 17.9 Å². The summed E-state index contributed by atoms with van der Waals surface area (Å²) in [5, 5.41) is 13.8. The number of nitrogens with zero attached hydrogens (tertiary/aromatic N) is 1. The van der Waals surface area contributed by atoms with Gasteiger partial charge in [-0.25, -0.2) is 5.01 Å². The van der Waals surface area contributed by atoms with Gasteiger partial charge >= 0.3 is 0 Å². The number of aliphatic hydroxyl groups is 1. The number of benzene rings is 1. The second-order valence-electron chi connectivity index (χ2n) is 8.21. The van der Waals surface area contributed by atoms with Crippen molar-refractivity contribution in [2.24, 2.45) is 5.92 Å². The second-order valence-corrected chi connectivity index (χ2v) is 8.21. The number of hydrogen-bond acceptors (Lipinski definition) is 4. The van der Waals surface area contributed by atoms with Gasteiger partial charge in [0, 0.05) is 0 Å². The number of carbonyl (C=O) groups excluding carboxylic acids is 3. The van der Waals surface area contributed by atoms with Crippen LogP contribution >= 0.6 is 0 Å². The van der Waals surface area contributed by atoms with Crippen molar-refractivity contribution in [3.63, 3.8) is 0 Å². The zero-order valence-electron chi connectivity index (χ0n) is 17.8. The number of carbonyl (C=O) groups is 3. The fourth-order valence-electron chi connectivity index (χ4n) is 3.78. The molecule has 4 atom stereocenters. The summed E-state index contributed by atoms with van der Waals surface area (Å²) in [4.78, 5) is 38.2. The summed E-state index contributed by atoms with van der Waals surface area (Å²) in [5.74, 6) is -2.04. The maximum atomic E-state index is 13.3. The van der Waals surface area contributed by atoms with Gasteiger partial charge in [0.25, 0.3) is 5.91 Å². The minimum atomic E-state index is -1.20. The van der Waals surface area contributed by atoms with Crippen LogP contribution in [0, 0.1) is 5.92 Å². The van der Waals surface area contributed by atoms with E-state index in [2.05, 4.69) is 10.7 Å². The molecule has 3 rings (SSSR count). The largest absolute Gasteiger partial charge is 0.383 e. The van der Waals surface area contributed by atoms with E-state index in [0.717, 1.165) is 16.7 Å². The van der Waals surface area contributed by atoms with Gasteiger partial charge in [0.05, 0.1) is 12.0 Å². The number of aliphatic hydroxyl groups excluding tert-OH is 1. The van der Waals surface area contributed by atoms with E-state index in [1.165, 1.54) is 11.9 Å². The SMILES string of the molecule is CC1C(=O)N(NC(=O)[C@H](C)NC(=O)[C@@H](O)C(C)C)C2CC=CC=C2c2ccccc21. The Hall–Kier alpha value is -2.93. The standard InChI is InChI=1S/C23H29N3O4/c1-13(2)20(27)22(29)24-15(4)21(28)25-26-19-12-8-7-11-18(19)17-10-6-5-9-16(17)14(3)23(26)30/h5-11,13-15,19-20,27H,12H2,1-4H3,(H,24,29)(H,25,28)/t14?,15-,19?,20-/m0/s1. The van der Waals surface area contributed by atoms with Crippen LogP contribution in [0.15, 0.2) is 42.5 Å². The summed E-state index contributed by atoms with van der Waals surface area (Å²) in [5.41, 5.74) is 5.62. The first-order valence-electron chi connectivity index (χ1n) is 10.3. The molecule has 1 aromatic carbocycles. The molecular weight excluding hydrogens is 382 g/mol. The lowest BCUT2D eigenvalue weighted by molar-refractivity contribution is -0.145. The fourth-order valence-corrected chi connectivity index (χ4v) is 3.78. The maximum absolute atomic E-state index is 13.3. The molecule has 0 radical (unpaired) electrons. The summed E-state index contributed by atoms with van der Waals surface area (Å²) in [7, 11) is 0. The summed E-state index contributed by atoms with van der Waals surface area (Å²) >= 11 is 0. The highest BCUT2D eigenvalue weighted by molar-refractivity contribution is 5.95. The molecule has 0 saturated heterocycles. The van der Waals surface area contributed by atoms with E-state index in [4.69, 9.17) is 0 Å². The minimum absolute atomic E-state index is 0.208. The van der Waals surface area contributed by atoms with Crippen LogP contribution in [0.5, 0.6) is 0 Å². The van der Waals surface area contributed by atoms with E-state index in [1.807, 2.05) is 49.4 Å². The molecule has 160 valence electrons. The number of amides is 3. The van der Waals surface area contributed by atoms with Crippen molar-refractivity contribution in [1.29, 1.82) is 0 Å². The van der Waals surface area contributed by atoms with Gasteiger partial charge in [0.15, 0.2) is 0 Å². The van der Waals surface area contributed by atoms with Crippen LogP contribution in [0.25, 0.3) is 5.57 Å². The maximum Gasteiger partial charge on any atom is 0.260 e. The van der Waals surface area contributed by atoms with E-state index >= 15 is 0 Å². The molecule has 0 fully saturated rings. The Morgan fingerprint density at radius 2 is 1.87 bits per heavy atom. The minimum Gasteiger partial charge on any atom is -0.383 e. The molecule has 7 heteroatoms. The van der Waals surface area contributed by atoms with Crippen molar-refractivity contribution in [3.05, 3.63) is 53.6 Å². The van der Waals surface area contributed by atoms with Crippen LogP contribution in [-0.4, -0.2) is 46.0 Å². The Morgan fingerprint density at radius 3 is 2.57 bits per heavy atom. The second kappa shape index (κ2) is 8.83. The lowest BCUT2D eigenvalue weighted by Gasteiger charge is -2.34. The average Bonchev–Trinajstić information content (AvgIpc) is 2.83. The number of allylic oxidation sites excluding steroid dienone is 2. The van der Waals surface area contributed by atoms with Crippen LogP contribution in [-0.2, 0) is 14.4 Å². The Kier molecular flexibility index (Phi) is 6.41. The quantitative estimate of drug-likeness (QED) is 0.689. The molecule has 2 aliphatic rings. The molecule has 30 heavy (non-hydrogen) atoms. The van der Waals surface area contributed by atoms with Crippen molar-refractivity contribution in [2.45, 2.75) is 58.2 Å². The first-order valence-corrected chi connectivity index (χ1v) is 10.3. The molecule has 7 nitrogen and oxygen atoms in total. The van der Waals surface area contributed by atoms with Gasteiger partial charge in [0.1, 0.15) is 12.1 Å². The summed E-state index contributed by atoms with van der Waals surface area (Å²) < 4.78 is 0. The van der Waals surface area contributed by atoms with Crippen LogP contribution < -0.4 is 10.7 Å². The summed E-state index contributed by atoms with van der Waals surface area (Å²) in [6, 6.07) is 6.54. The fraction of sp³-hybridized carbons (Fsp3) is 0.435. The Bertz CT molecular complexity index is 905. The van der Waals surface area contributed by atoms with Gasteiger partial charge in [0.2, 0.25) is 11.8 Å². The molecule has 0 spiro atoms. The van der Waals surface area contributed by atoms with Crippen molar-refractivity contribution >= 4 is 23.3 Å². The van der Waals surface area contributed by atoms with E-state index in [0.29, 0.717) is 6.42 Å². The lowest BCUT2D eigenvalue weighted by atomic mass is 9.88. The molecule has 1 heterocycles. The number of fused-ring (bicyclic) bond motifs is 3. The highest BCUT2D eigenvalue weighted by atomic mass is 16.3. The zero-order valence-corrected chi connectivity index (χ0v) is 17.8. The van der Waals surface area contributed by atoms with Crippen LogP contribution in [0.4, 0.5) is 0 Å². The van der Waals surface area contributed by atoms with Crippen LogP contribution in [0.3, 0.4) is 0 Å². The highest BCUT2D eigenvalue weighted by Gasteiger charge is 2.38. The van der Waals surface area contributed by atoms with E-state index < -0.39 is 29.9 Å². The molecule has 0 aromatic heterocycles. The van der Waals surface area contributed by atoms with E-state index in [1.54, 1.807) is 13.8 Å². The smallest absolute Gasteiger partial charge is 0.260 e. The molecule has 1 aliphatic heterocycles. The molecular formula is C23H29N3O4. The number of hydrazine groups is 1. The molecule has 0 saturated carbocycles. The highest BCUT2D eigenvalue weighted by Crippen LogP contribution is 2.37. The van der Waals surface area contributed by atoms with Gasteiger partial charge in [-0.05, 0) is 42.9 Å². The topological polar surface area (TPSA) is 98.7 Å². The number of nitrogens with one attached hydrogen (secondary N) is 2. The average molecular weight is 412 g/mol. The third-order valence-electron chi connectivity index (χ3n) is 5.67. The Labute approximate surface area is 176 Å². The van der Waals surface area contributed by atoms with Crippen molar-refractivity contribution in [1.82, 2.24) is 15.8 Å². The molecule has 2 unspecified atom stereocenters. The van der Waals surface area contributed by atoms with Crippen molar-refractivity contribution in [3.8, 4) is 0 Å². The summed E-state index contributed by atoms with van der Waals surface area (Å²) in [6.45, 7) is 6.79.